The van der Waals surface area contributed by atoms with Crippen LogP contribution in [0.4, 0.5) is 10.1 Å². The molecule has 5 heteroatoms. The Balaban J connectivity index is 1.70. The molecule has 0 aliphatic heterocycles. The molecule has 116 valence electrons. The number of nitrogens with two attached hydrogens (primary N) is 1. The lowest BCUT2D eigenvalue weighted by Crippen LogP contribution is -2.29. The zero-order chi connectivity index (χ0) is 15.9. The van der Waals surface area contributed by atoms with Gasteiger partial charge in [0.15, 0.2) is 0 Å². The molecule has 0 radical (unpaired) electrons. The molecule has 22 heavy (non-hydrogen) atoms. The molecule has 0 heterocycles. The SMILES string of the molecule is Cc1cc(OCCNC(=O)Cc2ccc(F)cc2)ccc1N. The highest BCUT2D eigenvalue weighted by molar-refractivity contribution is 5.78. The molecule has 0 spiro atoms. The number of carbonyl (C=O) groups excluding carboxylic acids is 1. The van der Waals surface area contributed by atoms with E-state index in [-0.39, 0.29) is 18.1 Å². The topological polar surface area (TPSA) is 64.3 Å². The Morgan fingerprint density at radius 2 is 1.95 bits per heavy atom. The van der Waals surface area contributed by atoms with Crippen molar-refractivity contribution < 1.29 is 13.9 Å². The van der Waals surface area contributed by atoms with Crippen LogP contribution in [-0.4, -0.2) is 19.1 Å². The van der Waals surface area contributed by atoms with E-state index < -0.39 is 0 Å². The molecule has 0 bridgehead atoms. The number of aryl methyl sites for hydroxylation is 1. The Kier molecular flexibility index (Phi) is 5.36. The standard InChI is InChI=1S/C17H19FN2O2/c1-12-10-15(6-7-16(12)19)22-9-8-20-17(21)11-13-2-4-14(18)5-3-13/h2-7,10H,8-9,11,19H2,1H3,(H,20,21). The zero-order valence-corrected chi connectivity index (χ0v) is 12.4. The van der Waals surface area contributed by atoms with E-state index in [0.717, 1.165) is 22.6 Å². The largest absolute Gasteiger partial charge is 0.492 e. The van der Waals surface area contributed by atoms with Gasteiger partial charge in [0, 0.05) is 5.69 Å². The lowest BCUT2D eigenvalue weighted by molar-refractivity contribution is -0.120. The van der Waals surface area contributed by atoms with E-state index in [1.165, 1.54) is 12.1 Å². The van der Waals surface area contributed by atoms with Crippen LogP contribution in [0.2, 0.25) is 0 Å². The number of carbonyl (C=O) groups is 1. The van der Waals surface area contributed by atoms with Crippen molar-refractivity contribution >= 4 is 11.6 Å². The molecule has 4 nitrogen and oxygen atoms in total. The van der Waals surface area contributed by atoms with Gasteiger partial charge in [-0.2, -0.15) is 0 Å². The minimum Gasteiger partial charge on any atom is -0.492 e. The van der Waals surface area contributed by atoms with Crippen molar-refractivity contribution in [2.75, 3.05) is 18.9 Å². The summed E-state index contributed by atoms with van der Waals surface area (Å²) in [6.07, 6.45) is 0.223. The number of rotatable bonds is 6. The van der Waals surface area contributed by atoms with Gasteiger partial charge in [0.25, 0.3) is 0 Å². The zero-order valence-electron chi connectivity index (χ0n) is 12.4. The van der Waals surface area contributed by atoms with E-state index in [1.807, 2.05) is 13.0 Å². The first-order chi connectivity index (χ1) is 10.5. The lowest BCUT2D eigenvalue weighted by Gasteiger charge is -2.09. The van der Waals surface area contributed by atoms with E-state index in [1.54, 1.807) is 24.3 Å². The van der Waals surface area contributed by atoms with Crippen molar-refractivity contribution in [3.8, 4) is 5.75 Å². The van der Waals surface area contributed by atoms with Crippen LogP contribution in [0.25, 0.3) is 0 Å². The molecule has 0 atom stereocenters. The maximum atomic E-state index is 12.8. The smallest absolute Gasteiger partial charge is 0.224 e. The normalized spacial score (nSPS) is 10.3. The monoisotopic (exact) mass is 302 g/mol. The molecule has 2 aromatic rings. The first kappa shape index (κ1) is 15.8. The average Bonchev–Trinajstić information content (AvgIpc) is 2.49. The number of anilines is 1. The number of benzene rings is 2. The summed E-state index contributed by atoms with van der Waals surface area (Å²) in [4.78, 5) is 11.7. The van der Waals surface area contributed by atoms with Gasteiger partial charge in [-0.05, 0) is 48.4 Å². The van der Waals surface area contributed by atoms with Crippen molar-refractivity contribution in [3.05, 3.63) is 59.4 Å². The van der Waals surface area contributed by atoms with Crippen LogP contribution in [-0.2, 0) is 11.2 Å². The van der Waals surface area contributed by atoms with E-state index in [9.17, 15) is 9.18 Å². The minimum absolute atomic E-state index is 0.122. The minimum atomic E-state index is -0.309. The molecule has 0 saturated heterocycles. The summed E-state index contributed by atoms with van der Waals surface area (Å²) in [5.74, 6) is 0.291. The van der Waals surface area contributed by atoms with Crippen molar-refractivity contribution in [3.63, 3.8) is 0 Å². The third kappa shape index (κ3) is 4.77. The molecular formula is C17H19FN2O2. The second-order valence-electron chi connectivity index (χ2n) is 5.02. The van der Waals surface area contributed by atoms with Gasteiger partial charge in [-0.1, -0.05) is 12.1 Å². The van der Waals surface area contributed by atoms with Crippen LogP contribution in [0.3, 0.4) is 0 Å². The molecule has 3 N–H and O–H groups in total. The van der Waals surface area contributed by atoms with Crippen LogP contribution < -0.4 is 15.8 Å². The van der Waals surface area contributed by atoms with Crippen molar-refractivity contribution in [1.29, 1.82) is 0 Å². The maximum absolute atomic E-state index is 12.8. The van der Waals surface area contributed by atoms with Gasteiger partial charge in [0.2, 0.25) is 5.91 Å². The first-order valence-electron chi connectivity index (χ1n) is 7.04. The number of ether oxygens (including phenoxy) is 1. The summed E-state index contributed by atoms with van der Waals surface area (Å²) >= 11 is 0. The summed E-state index contributed by atoms with van der Waals surface area (Å²) < 4.78 is 18.3. The summed E-state index contributed by atoms with van der Waals surface area (Å²) in [5.41, 5.74) is 8.18. The van der Waals surface area contributed by atoms with Crippen molar-refractivity contribution in [2.45, 2.75) is 13.3 Å². The fourth-order valence-corrected chi connectivity index (χ4v) is 1.95. The van der Waals surface area contributed by atoms with Crippen molar-refractivity contribution in [1.82, 2.24) is 5.32 Å². The molecule has 1 amide bonds. The van der Waals surface area contributed by atoms with Crippen molar-refractivity contribution in [2.24, 2.45) is 0 Å². The number of nitrogens with one attached hydrogen (secondary N) is 1. The Labute approximate surface area is 129 Å². The van der Waals surface area contributed by atoms with Gasteiger partial charge in [-0.25, -0.2) is 4.39 Å². The molecule has 0 unspecified atom stereocenters. The molecule has 2 aromatic carbocycles. The number of halogens is 1. The van der Waals surface area contributed by atoms with Gasteiger partial charge in [0.1, 0.15) is 18.2 Å². The Morgan fingerprint density at radius 1 is 1.23 bits per heavy atom. The number of amides is 1. The highest BCUT2D eigenvalue weighted by Gasteiger charge is 2.03. The highest BCUT2D eigenvalue weighted by atomic mass is 19.1. The summed E-state index contributed by atoms with van der Waals surface area (Å²) in [7, 11) is 0. The number of nitrogen functional groups attached to an aromatic ring is 1. The predicted molar refractivity (Wildman–Crippen MR) is 84.2 cm³/mol. The highest BCUT2D eigenvalue weighted by Crippen LogP contribution is 2.18. The predicted octanol–water partition coefficient (Wildman–Crippen LogP) is 2.45. The Hall–Kier alpha value is -2.56. The third-order valence-corrected chi connectivity index (χ3v) is 3.21. The van der Waals surface area contributed by atoms with Crippen LogP contribution in [0.5, 0.6) is 5.75 Å². The molecule has 2 rings (SSSR count). The summed E-state index contributed by atoms with van der Waals surface area (Å²) in [6, 6.07) is 11.3. The second kappa shape index (κ2) is 7.45. The lowest BCUT2D eigenvalue weighted by atomic mass is 10.1. The average molecular weight is 302 g/mol. The molecule has 0 aliphatic rings. The molecule has 0 fully saturated rings. The van der Waals surface area contributed by atoms with E-state index in [4.69, 9.17) is 10.5 Å². The van der Waals surface area contributed by atoms with Gasteiger partial charge in [-0.3, -0.25) is 4.79 Å². The van der Waals surface area contributed by atoms with E-state index in [0.29, 0.717) is 13.2 Å². The molecule has 0 aliphatic carbocycles. The number of hydrogen-bond donors (Lipinski definition) is 2. The fraction of sp³-hybridized carbons (Fsp3) is 0.235. The number of hydrogen-bond acceptors (Lipinski definition) is 3. The first-order valence-corrected chi connectivity index (χ1v) is 7.04. The van der Waals surface area contributed by atoms with Crippen LogP contribution in [0.15, 0.2) is 42.5 Å². The van der Waals surface area contributed by atoms with Gasteiger partial charge in [-0.15, -0.1) is 0 Å². The molecule has 0 saturated carbocycles. The fourth-order valence-electron chi connectivity index (χ4n) is 1.95. The molecule has 0 aromatic heterocycles. The quantitative estimate of drug-likeness (QED) is 0.636. The van der Waals surface area contributed by atoms with Crippen LogP contribution in [0, 0.1) is 12.7 Å². The van der Waals surface area contributed by atoms with Crippen LogP contribution in [0.1, 0.15) is 11.1 Å². The second-order valence-corrected chi connectivity index (χ2v) is 5.02. The molecular weight excluding hydrogens is 283 g/mol. The summed E-state index contributed by atoms with van der Waals surface area (Å²) in [5, 5.41) is 2.76. The maximum Gasteiger partial charge on any atom is 0.224 e. The van der Waals surface area contributed by atoms with E-state index in [2.05, 4.69) is 5.32 Å². The van der Waals surface area contributed by atoms with Gasteiger partial charge >= 0.3 is 0 Å². The van der Waals surface area contributed by atoms with Crippen LogP contribution >= 0.6 is 0 Å². The van der Waals surface area contributed by atoms with Gasteiger partial charge in [0.05, 0.1) is 13.0 Å². The Bertz CT molecular complexity index is 642. The van der Waals surface area contributed by atoms with E-state index >= 15 is 0 Å². The third-order valence-electron chi connectivity index (χ3n) is 3.21. The van der Waals surface area contributed by atoms with Gasteiger partial charge < -0.3 is 15.8 Å². The summed E-state index contributed by atoms with van der Waals surface area (Å²) in [6.45, 7) is 2.69. The Morgan fingerprint density at radius 3 is 2.64 bits per heavy atom.